The van der Waals surface area contributed by atoms with E-state index in [1.807, 2.05) is 6.07 Å². The molecule has 0 aliphatic carbocycles. The fourth-order valence-corrected chi connectivity index (χ4v) is 4.63. The van der Waals surface area contributed by atoms with Crippen molar-refractivity contribution in [2.75, 3.05) is 31.6 Å². The molecule has 2 aromatic rings. The first-order chi connectivity index (χ1) is 12.9. The van der Waals surface area contributed by atoms with Gasteiger partial charge in [0.2, 0.25) is 0 Å². The number of methoxy groups -OCH3 is 1. The van der Waals surface area contributed by atoms with E-state index in [0.717, 1.165) is 4.31 Å². The normalized spacial score (nSPS) is 15.4. The molecule has 0 saturated carbocycles. The molecule has 0 atom stereocenters. The lowest BCUT2D eigenvalue weighted by Gasteiger charge is -2.31. The van der Waals surface area contributed by atoms with Gasteiger partial charge in [-0.05, 0) is 23.8 Å². The van der Waals surface area contributed by atoms with E-state index >= 15 is 0 Å². The number of nitrogens with one attached hydrogen (secondary N) is 1. The first-order valence-corrected chi connectivity index (χ1v) is 10.1. The molecule has 0 radical (unpaired) electrons. The number of rotatable bonds is 5. The summed E-state index contributed by atoms with van der Waals surface area (Å²) in [6.07, 6.45) is 0. The summed E-state index contributed by atoms with van der Waals surface area (Å²) in [5.41, 5.74) is 2.00. The number of carbonyl (C=O) groups excluding carboxylic acids is 1. The molecule has 0 bridgehead atoms. The van der Waals surface area contributed by atoms with Crippen molar-refractivity contribution in [3.05, 3.63) is 69.6 Å². The number of sulfonamides is 1. The lowest BCUT2D eigenvalue weighted by molar-refractivity contribution is -0.117. The summed E-state index contributed by atoms with van der Waals surface area (Å²) in [5, 5.41) is 3.07. The van der Waals surface area contributed by atoms with Crippen molar-refractivity contribution in [2.24, 2.45) is 0 Å². The van der Waals surface area contributed by atoms with Crippen LogP contribution in [0.2, 0.25) is 5.02 Å². The number of hydrogen-bond donors (Lipinski definition) is 1. The van der Waals surface area contributed by atoms with E-state index in [0.29, 0.717) is 27.4 Å². The van der Waals surface area contributed by atoms with Gasteiger partial charge in [-0.3, -0.25) is 9.10 Å². The van der Waals surface area contributed by atoms with Crippen LogP contribution in [-0.4, -0.2) is 41.6 Å². The molecule has 2 aromatic carbocycles. The zero-order valence-corrected chi connectivity index (χ0v) is 16.5. The average Bonchev–Trinajstić information content (AvgIpc) is 2.65. The summed E-state index contributed by atoms with van der Waals surface area (Å²) in [6.45, 7) is 0.473. The van der Waals surface area contributed by atoms with E-state index in [2.05, 4.69) is 5.32 Å². The molecule has 0 spiro atoms. The molecule has 6 nitrogen and oxygen atoms in total. The third-order valence-corrected chi connectivity index (χ3v) is 6.33. The lowest BCUT2D eigenvalue weighted by atomic mass is 9.95. The van der Waals surface area contributed by atoms with E-state index in [1.165, 1.54) is 14.2 Å². The summed E-state index contributed by atoms with van der Waals surface area (Å²) >= 11 is 6.17. The third kappa shape index (κ3) is 3.58. The maximum absolute atomic E-state index is 13.2. The summed E-state index contributed by atoms with van der Waals surface area (Å²) < 4.78 is 32.4. The molecular weight excluding hydrogens is 388 g/mol. The van der Waals surface area contributed by atoms with Crippen molar-refractivity contribution in [1.82, 2.24) is 5.32 Å². The Hall–Kier alpha value is -2.35. The van der Waals surface area contributed by atoms with Gasteiger partial charge in [0.25, 0.3) is 15.9 Å². The van der Waals surface area contributed by atoms with Gasteiger partial charge in [0.05, 0.1) is 12.3 Å². The summed E-state index contributed by atoms with van der Waals surface area (Å²) in [7, 11) is -1.12. The highest BCUT2D eigenvalue weighted by Crippen LogP contribution is 2.43. The summed E-state index contributed by atoms with van der Waals surface area (Å²) in [6, 6.07) is 13.9. The Labute approximate surface area is 163 Å². The standard InChI is InChI=1S/C19H19ClN2O4S/c1-22-16-9-8-14(20)12-15(16)17(13-6-4-3-5-7-13)18(27(22,24)25)19(23)21-10-11-26-2/h3-9,12H,10-11H2,1-2H3,(H,21,23). The topological polar surface area (TPSA) is 75.7 Å². The number of carbonyl (C=O) groups is 1. The van der Waals surface area contributed by atoms with E-state index < -0.39 is 15.9 Å². The highest BCUT2D eigenvalue weighted by molar-refractivity contribution is 7.97. The maximum Gasteiger partial charge on any atom is 0.270 e. The first-order valence-electron chi connectivity index (χ1n) is 8.23. The lowest BCUT2D eigenvalue weighted by Crippen LogP contribution is -2.40. The molecule has 0 unspecified atom stereocenters. The number of benzene rings is 2. The highest BCUT2D eigenvalue weighted by Gasteiger charge is 2.39. The van der Waals surface area contributed by atoms with Gasteiger partial charge in [0, 0.05) is 36.9 Å². The number of hydrogen-bond acceptors (Lipinski definition) is 4. The van der Waals surface area contributed by atoms with Gasteiger partial charge in [-0.25, -0.2) is 8.42 Å². The third-order valence-electron chi connectivity index (χ3n) is 4.27. The molecule has 27 heavy (non-hydrogen) atoms. The van der Waals surface area contributed by atoms with Crippen molar-refractivity contribution >= 4 is 38.8 Å². The Bertz CT molecular complexity index is 1000. The minimum atomic E-state index is -4.05. The average molecular weight is 407 g/mol. The molecule has 1 amide bonds. The van der Waals surface area contributed by atoms with Gasteiger partial charge in [0.1, 0.15) is 0 Å². The molecule has 1 aliphatic rings. The number of fused-ring (bicyclic) bond motifs is 1. The van der Waals surface area contributed by atoms with Crippen LogP contribution in [0.5, 0.6) is 0 Å². The van der Waals surface area contributed by atoms with Crippen LogP contribution in [0.3, 0.4) is 0 Å². The zero-order chi connectivity index (χ0) is 19.6. The van der Waals surface area contributed by atoms with Crippen LogP contribution in [0.25, 0.3) is 5.57 Å². The van der Waals surface area contributed by atoms with E-state index in [1.54, 1.807) is 42.5 Å². The number of halogens is 1. The molecule has 0 fully saturated rings. The second kappa shape index (κ2) is 7.72. The van der Waals surface area contributed by atoms with Crippen LogP contribution >= 0.6 is 11.6 Å². The number of nitrogens with zero attached hydrogens (tertiary/aromatic N) is 1. The van der Waals surface area contributed by atoms with Crippen LogP contribution in [0.15, 0.2) is 53.4 Å². The molecule has 0 aromatic heterocycles. The zero-order valence-electron chi connectivity index (χ0n) is 14.9. The van der Waals surface area contributed by atoms with Gasteiger partial charge in [-0.2, -0.15) is 0 Å². The first kappa shape index (κ1) is 19.4. The Kier molecular flexibility index (Phi) is 5.55. The van der Waals surface area contributed by atoms with E-state index in [4.69, 9.17) is 16.3 Å². The van der Waals surface area contributed by atoms with Crippen molar-refractivity contribution in [1.29, 1.82) is 0 Å². The van der Waals surface area contributed by atoms with Crippen molar-refractivity contribution in [3.63, 3.8) is 0 Å². The van der Waals surface area contributed by atoms with Crippen LogP contribution in [0, 0.1) is 0 Å². The second-order valence-electron chi connectivity index (χ2n) is 5.95. The van der Waals surface area contributed by atoms with Crippen LogP contribution in [0.1, 0.15) is 11.1 Å². The molecular formula is C19H19ClN2O4S. The minimum Gasteiger partial charge on any atom is -0.383 e. The maximum atomic E-state index is 13.2. The van der Waals surface area contributed by atoms with Crippen molar-refractivity contribution in [3.8, 4) is 0 Å². The van der Waals surface area contributed by atoms with Crippen molar-refractivity contribution < 1.29 is 17.9 Å². The second-order valence-corrected chi connectivity index (χ2v) is 8.30. The van der Waals surface area contributed by atoms with Crippen LogP contribution in [0.4, 0.5) is 5.69 Å². The molecule has 1 N–H and O–H groups in total. The van der Waals surface area contributed by atoms with Crippen LogP contribution in [-0.2, 0) is 19.6 Å². The van der Waals surface area contributed by atoms with E-state index in [9.17, 15) is 13.2 Å². The largest absolute Gasteiger partial charge is 0.383 e. The fourth-order valence-electron chi connectivity index (χ4n) is 2.97. The number of amides is 1. The number of ether oxygens (including phenoxy) is 1. The Morgan fingerprint density at radius 1 is 1.19 bits per heavy atom. The van der Waals surface area contributed by atoms with Gasteiger partial charge in [-0.1, -0.05) is 41.9 Å². The van der Waals surface area contributed by atoms with Crippen molar-refractivity contribution in [2.45, 2.75) is 0 Å². The summed E-state index contributed by atoms with van der Waals surface area (Å²) in [4.78, 5) is 12.5. The number of anilines is 1. The van der Waals surface area contributed by atoms with Gasteiger partial charge in [0.15, 0.2) is 4.91 Å². The molecule has 1 heterocycles. The molecule has 0 saturated heterocycles. The Balaban J connectivity index is 2.30. The minimum absolute atomic E-state index is 0.197. The summed E-state index contributed by atoms with van der Waals surface area (Å²) in [5.74, 6) is -0.677. The predicted octanol–water partition coefficient (Wildman–Crippen LogP) is 2.64. The van der Waals surface area contributed by atoms with Crippen LogP contribution < -0.4 is 9.62 Å². The Morgan fingerprint density at radius 3 is 2.56 bits per heavy atom. The Morgan fingerprint density at radius 2 is 1.89 bits per heavy atom. The van der Waals surface area contributed by atoms with Gasteiger partial charge >= 0.3 is 0 Å². The SMILES string of the molecule is COCCNC(=O)C1=C(c2ccccc2)c2cc(Cl)ccc2N(C)S1(=O)=O. The van der Waals surface area contributed by atoms with Gasteiger partial charge < -0.3 is 10.1 Å². The van der Waals surface area contributed by atoms with Gasteiger partial charge in [-0.15, -0.1) is 0 Å². The quantitative estimate of drug-likeness (QED) is 0.774. The fraction of sp³-hybridized carbons (Fsp3) is 0.211. The molecule has 3 rings (SSSR count). The highest BCUT2D eigenvalue weighted by atomic mass is 35.5. The predicted molar refractivity (Wildman–Crippen MR) is 106 cm³/mol. The van der Waals surface area contributed by atoms with E-state index in [-0.39, 0.29) is 18.1 Å². The smallest absolute Gasteiger partial charge is 0.270 e. The molecule has 142 valence electrons. The molecule has 1 aliphatic heterocycles. The molecule has 8 heteroatoms. The monoisotopic (exact) mass is 406 g/mol.